The third kappa shape index (κ3) is 4.94. The number of allylic oxidation sites excluding steroid dienone is 2. The van der Waals surface area contributed by atoms with E-state index in [2.05, 4.69) is 20.2 Å². The van der Waals surface area contributed by atoms with Crippen molar-refractivity contribution in [2.24, 2.45) is 0 Å². The molecule has 0 saturated carbocycles. The van der Waals surface area contributed by atoms with Crippen molar-refractivity contribution in [3.05, 3.63) is 11.8 Å². The van der Waals surface area contributed by atoms with Gasteiger partial charge in [-0.25, -0.2) is 0 Å². The van der Waals surface area contributed by atoms with E-state index in [0.29, 0.717) is 0 Å². The molecular weight excluding hydrogens is 638 g/mol. The predicted molar refractivity (Wildman–Crippen MR) is 34.3 cm³/mol. The van der Waals surface area contributed by atoms with Gasteiger partial charge in [-0.1, -0.05) is 0 Å². The third-order valence-corrected chi connectivity index (χ3v) is 5.83. The molecule has 0 aliphatic heterocycles. The van der Waals surface area contributed by atoms with Gasteiger partial charge in [0.05, 0.1) is 0 Å². The molecule has 0 atom stereocenters. The fraction of sp³-hybridized carbons (Fsp3) is 0.167. The molecule has 0 fully saturated rings. The molecule has 0 aliphatic carbocycles. The molecule has 0 heterocycles. The zero-order valence-electron chi connectivity index (χ0n) is 5.46. The molecule has 0 aliphatic rings. The fourth-order valence-corrected chi connectivity index (χ4v) is 1.72. The predicted octanol–water partition coefficient (Wildman–Crippen LogP) is -0.493. The second-order valence-corrected chi connectivity index (χ2v) is 4.87. The van der Waals surface area contributed by atoms with Gasteiger partial charge in [0.25, 0.3) is 0 Å². The van der Waals surface area contributed by atoms with Crippen LogP contribution in [0.25, 0.3) is 0 Å². The van der Waals surface area contributed by atoms with Crippen molar-refractivity contribution in [2.75, 3.05) is 7.05 Å². The third-order valence-electron chi connectivity index (χ3n) is 0.830. The molecule has 4 heteroatoms. The van der Waals surface area contributed by atoms with Crippen molar-refractivity contribution < 1.29 is 58.1 Å². The molecule has 1 N–H and O–H groups in total. The van der Waals surface area contributed by atoms with E-state index in [1.807, 2.05) is 7.05 Å². The van der Waals surface area contributed by atoms with Gasteiger partial charge in [0.2, 0.25) is 0 Å². The molecule has 0 spiro atoms. The van der Waals surface area contributed by atoms with Gasteiger partial charge in [0.15, 0.2) is 0 Å². The van der Waals surface area contributed by atoms with Crippen LogP contribution in [0.3, 0.4) is 0 Å². The quantitative estimate of drug-likeness (QED) is 0.436. The number of hydrogen-bond donors (Lipinski definition) is 1. The summed E-state index contributed by atoms with van der Waals surface area (Å²) in [6, 6.07) is 0. The molecule has 0 aromatic carbocycles. The Labute approximate surface area is 93.9 Å². The van der Waals surface area contributed by atoms with Crippen molar-refractivity contribution in [1.29, 1.82) is 0 Å². The van der Waals surface area contributed by atoms with Crippen molar-refractivity contribution in [1.82, 2.24) is 5.32 Å². The monoisotopic (exact) mass is 645 g/mol. The molecule has 0 bridgehead atoms. The zero-order chi connectivity index (χ0) is 7.98. The van der Waals surface area contributed by atoms with E-state index in [-0.39, 0.29) is 0 Å². The summed E-state index contributed by atoms with van der Waals surface area (Å²) in [6.07, 6.45) is 2.19. The summed E-state index contributed by atoms with van der Waals surface area (Å²) in [5.74, 6) is 0. The Morgan fingerprint density at radius 1 is 1.30 bits per heavy atom. The Hall–Kier alpha value is 1.21. The number of hydrogen-bond acceptors (Lipinski definition) is 1. The van der Waals surface area contributed by atoms with E-state index >= 15 is 0 Å². The standard InChI is InChI=1S/C6H7N.3W/c1-4-5-6(2)7-3;;;/h1-2,5,7H,3H3;;;/b6-5-;;;. The average molecular weight is 645 g/mol. The summed E-state index contributed by atoms with van der Waals surface area (Å²) in [5.41, 5.74) is 1.23. The molecular formula is C6H7NW3. The van der Waals surface area contributed by atoms with Crippen LogP contribution in [0.4, 0.5) is 0 Å². The molecule has 0 aromatic heterocycles. The van der Waals surface area contributed by atoms with E-state index in [1.165, 1.54) is 67.7 Å². The van der Waals surface area contributed by atoms with Crippen LogP contribution in [0.1, 0.15) is 0 Å². The minimum atomic E-state index is 1.23. The Morgan fingerprint density at radius 2 is 1.90 bits per heavy atom. The first-order chi connectivity index (χ1) is 4.74. The number of rotatable bonds is 4. The van der Waals surface area contributed by atoms with Gasteiger partial charge < -0.3 is 0 Å². The van der Waals surface area contributed by atoms with Gasteiger partial charge >= 0.3 is 94.9 Å². The molecule has 0 aromatic rings. The van der Waals surface area contributed by atoms with Crippen molar-refractivity contribution in [3.63, 3.8) is 0 Å². The normalized spacial score (nSPS) is 10.3. The SMILES string of the molecule is CN/C([CH]=[W])=C\[C](=[W])[CH]=[W]. The fourth-order valence-electron chi connectivity index (χ4n) is 0.352. The second kappa shape index (κ2) is 6.90. The molecule has 0 amide bonds. The van der Waals surface area contributed by atoms with Crippen LogP contribution in [-0.4, -0.2) is 19.7 Å². The maximum absolute atomic E-state index is 3.13. The first-order valence-electron chi connectivity index (χ1n) is 2.58. The molecule has 0 radical (unpaired) electrons. The van der Waals surface area contributed by atoms with Crippen LogP contribution < -0.4 is 5.32 Å². The van der Waals surface area contributed by atoms with Gasteiger partial charge in [-0.2, -0.15) is 0 Å². The molecule has 0 saturated heterocycles. The minimum absolute atomic E-state index is 1.23. The van der Waals surface area contributed by atoms with Gasteiger partial charge in [-0.05, 0) is 0 Å². The Balaban J connectivity index is 4.23. The van der Waals surface area contributed by atoms with E-state index < -0.39 is 0 Å². The summed E-state index contributed by atoms with van der Waals surface area (Å²) in [7, 11) is 1.95. The van der Waals surface area contributed by atoms with Crippen LogP contribution in [0.5, 0.6) is 0 Å². The van der Waals surface area contributed by atoms with Crippen LogP contribution >= 0.6 is 0 Å². The van der Waals surface area contributed by atoms with Gasteiger partial charge in [0, 0.05) is 0 Å². The summed E-state index contributed by atoms with van der Waals surface area (Å²) >= 11 is 4.55. The van der Waals surface area contributed by atoms with Crippen LogP contribution in [0.2, 0.25) is 0 Å². The van der Waals surface area contributed by atoms with E-state index in [1.54, 1.807) is 0 Å². The summed E-state index contributed by atoms with van der Waals surface area (Å²) in [5, 5.41) is 3.13. The maximum atomic E-state index is 3.13. The number of nitrogens with one attached hydrogen (secondary N) is 1. The van der Waals surface area contributed by atoms with Crippen LogP contribution in [-0.2, 0) is 58.1 Å². The first kappa shape index (κ1) is 11.2. The Kier molecular flexibility index (Phi) is 7.73. The second-order valence-electron chi connectivity index (χ2n) is 1.49. The summed E-state index contributed by atoms with van der Waals surface area (Å²) in [6.45, 7) is 0. The molecule has 54 valence electrons. The average Bonchev–Trinajstić information content (AvgIpc) is 1.99. The molecule has 0 unspecified atom stereocenters. The summed E-state index contributed by atoms with van der Waals surface area (Å²) < 4.78 is 5.78. The molecule has 0 rings (SSSR count). The van der Waals surface area contributed by atoms with E-state index in [0.717, 1.165) is 0 Å². The molecule has 1 nitrogen and oxygen atoms in total. The van der Waals surface area contributed by atoms with Crippen molar-refractivity contribution in [2.45, 2.75) is 0 Å². The topological polar surface area (TPSA) is 12.0 Å². The van der Waals surface area contributed by atoms with Crippen molar-refractivity contribution in [3.8, 4) is 0 Å². The Bertz CT molecular complexity index is 183. The van der Waals surface area contributed by atoms with Gasteiger partial charge in [0.1, 0.15) is 0 Å². The van der Waals surface area contributed by atoms with Crippen LogP contribution in [0, 0.1) is 0 Å². The molecule has 10 heavy (non-hydrogen) atoms. The van der Waals surface area contributed by atoms with E-state index in [4.69, 9.17) is 0 Å². The zero-order valence-corrected chi connectivity index (χ0v) is 14.3. The van der Waals surface area contributed by atoms with Gasteiger partial charge in [-0.15, -0.1) is 0 Å². The van der Waals surface area contributed by atoms with Crippen molar-refractivity contribution >= 4 is 12.7 Å². The Morgan fingerprint density at radius 3 is 2.20 bits per heavy atom. The van der Waals surface area contributed by atoms with Crippen LogP contribution in [0.15, 0.2) is 11.8 Å². The first-order valence-corrected chi connectivity index (χ1v) is 7.43. The van der Waals surface area contributed by atoms with Gasteiger partial charge in [-0.3, -0.25) is 0 Å². The summed E-state index contributed by atoms with van der Waals surface area (Å²) in [4.78, 5) is 0. The van der Waals surface area contributed by atoms with E-state index in [9.17, 15) is 0 Å².